The highest BCUT2D eigenvalue weighted by Crippen LogP contribution is 2.12. The summed E-state index contributed by atoms with van der Waals surface area (Å²) >= 11 is 0. The summed E-state index contributed by atoms with van der Waals surface area (Å²) in [6, 6.07) is 0. The van der Waals surface area contributed by atoms with Crippen molar-refractivity contribution in [3.05, 3.63) is 109 Å². The molecular weight excluding hydrogens is 781 g/mol. The zero-order chi connectivity index (χ0) is 45.8. The molecule has 356 valence electrons. The van der Waals surface area contributed by atoms with Gasteiger partial charge in [-0.15, -0.1) is 0 Å². The highest BCUT2D eigenvalue weighted by atomic mass is 16.6. The Hall–Kier alpha value is -3.93. The van der Waals surface area contributed by atoms with E-state index in [1.54, 1.807) is 0 Å². The van der Waals surface area contributed by atoms with Crippen LogP contribution < -0.4 is 0 Å². The fourth-order valence-electron chi connectivity index (χ4n) is 6.48. The Morgan fingerprint density at radius 2 is 0.635 bits per heavy atom. The molecule has 0 radical (unpaired) electrons. The zero-order valence-electron chi connectivity index (χ0n) is 40.5. The molecule has 0 unspecified atom stereocenters. The third kappa shape index (κ3) is 49.0. The number of hydrogen-bond donors (Lipinski definition) is 0. The number of carbonyl (C=O) groups is 3. The van der Waals surface area contributed by atoms with Crippen LogP contribution >= 0.6 is 0 Å². The third-order valence-electron chi connectivity index (χ3n) is 10.2. The SMILES string of the molecule is CC/C=C/C/C=C/C/C=C/C/C=C/C/C=C/CCCC(=O)OC[C@@H](COC(=O)CCCCCCC/C=C/CCCCCC)OC(=O)CCCCCCC/C=C/C/C=C/C/C=C/CC. The molecule has 0 heterocycles. The van der Waals surface area contributed by atoms with Gasteiger partial charge in [0.05, 0.1) is 0 Å². The summed E-state index contributed by atoms with van der Waals surface area (Å²) in [5.74, 6) is -1.00. The second kappa shape index (κ2) is 50.7. The zero-order valence-corrected chi connectivity index (χ0v) is 40.5. The summed E-state index contributed by atoms with van der Waals surface area (Å²) in [6.07, 6.45) is 67.9. The molecule has 0 aliphatic carbocycles. The first kappa shape index (κ1) is 59.1. The minimum Gasteiger partial charge on any atom is -0.462 e. The molecular formula is C57H92O6. The summed E-state index contributed by atoms with van der Waals surface area (Å²) in [6.45, 7) is 6.31. The van der Waals surface area contributed by atoms with Crippen LogP contribution in [0.25, 0.3) is 0 Å². The molecule has 0 saturated heterocycles. The van der Waals surface area contributed by atoms with Crippen molar-refractivity contribution in [1.82, 2.24) is 0 Å². The molecule has 0 rings (SSSR count). The van der Waals surface area contributed by atoms with Crippen molar-refractivity contribution in [2.75, 3.05) is 13.2 Å². The van der Waals surface area contributed by atoms with Crippen LogP contribution in [0, 0.1) is 0 Å². The highest BCUT2D eigenvalue weighted by molar-refractivity contribution is 5.71. The van der Waals surface area contributed by atoms with Gasteiger partial charge in [-0.2, -0.15) is 0 Å². The summed E-state index contributed by atoms with van der Waals surface area (Å²) in [7, 11) is 0. The van der Waals surface area contributed by atoms with Crippen molar-refractivity contribution in [3.63, 3.8) is 0 Å². The fourth-order valence-corrected chi connectivity index (χ4v) is 6.48. The topological polar surface area (TPSA) is 78.9 Å². The van der Waals surface area contributed by atoms with Gasteiger partial charge in [0.15, 0.2) is 6.10 Å². The molecule has 0 aromatic rings. The Morgan fingerprint density at radius 3 is 1.05 bits per heavy atom. The smallest absolute Gasteiger partial charge is 0.306 e. The predicted octanol–water partition coefficient (Wildman–Crippen LogP) is 16.8. The van der Waals surface area contributed by atoms with E-state index in [1.807, 2.05) is 0 Å². The average molecular weight is 873 g/mol. The van der Waals surface area contributed by atoms with Crippen molar-refractivity contribution < 1.29 is 28.6 Å². The van der Waals surface area contributed by atoms with Gasteiger partial charge in [0, 0.05) is 19.3 Å². The number of allylic oxidation sites excluding steroid dienone is 18. The lowest BCUT2D eigenvalue weighted by atomic mass is 10.1. The van der Waals surface area contributed by atoms with E-state index in [0.29, 0.717) is 19.3 Å². The van der Waals surface area contributed by atoms with Crippen LogP contribution in [0.15, 0.2) is 109 Å². The maximum atomic E-state index is 12.8. The van der Waals surface area contributed by atoms with Crippen LogP contribution in [0.5, 0.6) is 0 Å². The normalized spacial score (nSPS) is 13.0. The molecule has 0 fully saturated rings. The van der Waals surface area contributed by atoms with Gasteiger partial charge in [0.25, 0.3) is 0 Å². The molecule has 1 atom stereocenters. The summed E-state index contributed by atoms with van der Waals surface area (Å²) in [5.41, 5.74) is 0. The number of esters is 3. The largest absolute Gasteiger partial charge is 0.462 e. The van der Waals surface area contributed by atoms with Crippen molar-refractivity contribution in [1.29, 1.82) is 0 Å². The van der Waals surface area contributed by atoms with Crippen molar-refractivity contribution >= 4 is 17.9 Å². The van der Waals surface area contributed by atoms with Crippen molar-refractivity contribution in [3.8, 4) is 0 Å². The number of unbranched alkanes of at least 4 members (excludes halogenated alkanes) is 15. The first-order chi connectivity index (χ1) is 31.0. The van der Waals surface area contributed by atoms with Crippen LogP contribution in [0.1, 0.15) is 213 Å². The lowest BCUT2D eigenvalue weighted by Gasteiger charge is -2.18. The van der Waals surface area contributed by atoms with E-state index in [4.69, 9.17) is 14.2 Å². The van der Waals surface area contributed by atoms with Gasteiger partial charge in [-0.3, -0.25) is 14.4 Å². The van der Waals surface area contributed by atoms with Crippen LogP contribution in [0.3, 0.4) is 0 Å². The van der Waals surface area contributed by atoms with E-state index in [1.165, 1.54) is 38.5 Å². The Labute approximate surface area is 387 Å². The first-order valence-corrected chi connectivity index (χ1v) is 25.4. The van der Waals surface area contributed by atoms with Gasteiger partial charge in [0.2, 0.25) is 0 Å². The van der Waals surface area contributed by atoms with Crippen LogP contribution in [0.4, 0.5) is 0 Å². The Kier molecular flexibility index (Phi) is 47.5. The minimum absolute atomic E-state index is 0.109. The van der Waals surface area contributed by atoms with Crippen molar-refractivity contribution in [2.24, 2.45) is 0 Å². The Bertz CT molecular complexity index is 1330. The Balaban J connectivity index is 4.54. The molecule has 0 saturated carbocycles. The number of rotatable bonds is 44. The molecule has 63 heavy (non-hydrogen) atoms. The van der Waals surface area contributed by atoms with Gasteiger partial charge >= 0.3 is 17.9 Å². The molecule has 0 aliphatic rings. The predicted molar refractivity (Wildman–Crippen MR) is 270 cm³/mol. The van der Waals surface area contributed by atoms with E-state index in [9.17, 15) is 14.4 Å². The lowest BCUT2D eigenvalue weighted by molar-refractivity contribution is -0.167. The third-order valence-corrected chi connectivity index (χ3v) is 10.2. The Morgan fingerprint density at radius 1 is 0.333 bits per heavy atom. The number of hydrogen-bond acceptors (Lipinski definition) is 6. The standard InChI is InChI=1S/C57H92O6/c1-4-7-10-13-16-19-22-25-27-28-30-32-35-38-41-44-47-50-56(59)62-53-54(52-61-55(58)49-46-43-40-37-34-31-24-21-18-15-12-9-6-3)63-57(60)51-48-45-42-39-36-33-29-26-23-20-17-14-11-8-5-2/h7-8,10-11,16-17,19-21,24-27,29-30,32,38,41,54H,4-6,9,12-15,18,22-23,28,31,33-37,39-40,42-53H2,1-3H3/b10-7+,11-8+,19-16+,20-17+,24-21+,27-25+,29-26+,32-30+,41-38+/t54-/m1/s1. The second-order valence-electron chi connectivity index (χ2n) is 16.3. The van der Waals surface area contributed by atoms with Gasteiger partial charge in [-0.05, 0) is 116 Å². The van der Waals surface area contributed by atoms with Gasteiger partial charge in [0.1, 0.15) is 13.2 Å². The fraction of sp³-hybridized carbons (Fsp3) is 0.632. The van der Waals surface area contributed by atoms with Gasteiger partial charge < -0.3 is 14.2 Å². The number of ether oxygens (including phenoxy) is 3. The molecule has 0 aromatic carbocycles. The quantitative estimate of drug-likeness (QED) is 0.0263. The van der Waals surface area contributed by atoms with E-state index >= 15 is 0 Å². The van der Waals surface area contributed by atoms with E-state index in [2.05, 4.69) is 130 Å². The molecule has 0 aromatic heterocycles. The number of carbonyl (C=O) groups excluding carboxylic acids is 3. The van der Waals surface area contributed by atoms with E-state index < -0.39 is 6.10 Å². The summed E-state index contributed by atoms with van der Waals surface area (Å²) in [5, 5.41) is 0. The lowest BCUT2D eigenvalue weighted by Crippen LogP contribution is -2.30. The molecule has 0 aliphatic heterocycles. The first-order valence-electron chi connectivity index (χ1n) is 25.4. The highest BCUT2D eigenvalue weighted by Gasteiger charge is 2.19. The molecule has 6 nitrogen and oxygen atoms in total. The van der Waals surface area contributed by atoms with Gasteiger partial charge in [-0.1, -0.05) is 188 Å². The monoisotopic (exact) mass is 873 g/mol. The van der Waals surface area contributed by atoms with Crippen LogP contribution in [-0.2, 0) is 28.6 Å². The van der Waals surface area contributed by atoms with E-state index in [0.717, 1.165) is 128 Å². The van der Waals surface area contributed by atoms with Crippen molar-refractivity contribution in [2.45, 2.75) is 219 Å². The average Bonchev–Trinajstić information content (AvgIpc) is 3.28. The minimum atomic E-state index is -0.814. The molecule has 0 bridgehead atoms. The van der Waals surface area contributed by atoms with Crippen LogP contribution in [-0.4, -0.2) is 37.2 Å². The van der Waals surface area contributed by atoms with E-state index in [-0.39, 0.29) is 37.5 Å². The van der Waals surface area contributed by atoms with Crippen LogP contribution in [0.2, 0.25) is 0 Å². The summed E-state index contributed by atoms with van der Waals surface area (Å²) < 4.78 is 16.7. The maximum Gasteiger partial charge on any atom is 0.306 e. The molecule has 6 heteroatoms. The maximum absolute atomic E-state index is 12.8. The van der Waals surface area contributed by atoms with Gasteiger partial charge in [-0.25, -0.2) is 0 Å². The molecule has 0 spiro atoms. The second-order valence-corrected chi connectivity index (χ2v) is 16.3. The molecule has 0 N–H and O–H groups in total. The summed E-state index contributed by atoms with van der Waals surface area (Å²) in [4.78, 5) is 37.9. The molecule has 0 amide bonds.